The second-order valence-corrected chi connectivity index (χ2v) is 5.73. The fraction of sp³-hybridized carbons (Fsp3) is 0.500. The molecule has 0 atom stereocenters. The highest BCUT2D eigenvalue weighted by Crippen LogP contribution is 2.29. The van der Waals surface area contributed by atoms with Crippen LogP contribution in [0.2, 0.25) is 0 Å². The Bertz CT molecular complexity index is 585. The molecule has 1 fully saturated rings. The van der Waals surface area contributed by atoms with E-state index in [1.165, 1.54) is 32.1 Å². The number of aromatic nitrogens is 3. The quantitative estimate of drug-likeness (QED) is 0.845. The zero-order valence-electron chi connectivity index (χ0n) is 12.4. The van der Waals surface area contributed by atoms with Crippen LogP contribution in [-0.2, 0) is 6.54 Å². The lowest BCUT2D eigenvalue weighted by Crippen LogP contribution is -2.18. The van der Waals surface area contributed by atoms with Crippen molar-refractivity contribution in [2.45, 2.75) is 51.6 Å². The van der Waals surface area contributed by atoms with Gasteiger partial charge < -0.3 is 15.0 Å². The van der Waals surface area contributed by atoms with Crippen LogP contribution >= 0.6 is 0 Å². The molecule has 0 amide bonds. The number of aryl methyl sites for hydroxylation is 1. The molecule has 0 saturated heterocycles. The number of rotatable bonds is 4. The molecular weight excluding hydrogens is 264 g/mol. The topological polar surface area (TPSA) is 63.0 Å². The summed E-state index contributed by atoms with van der Waals surface area (Å²) in [7, 11) is 0. The molecule has 0 unspecified atom stereocenters. The SMILES string of the molecule is Cc1nnc(CNc2ccc(O)cc2)n1C1CCCCC1. The van der Waals surface area contributed by atoms with Crippen molar-refractivity contribution >= 4 is 5.69 Å². The Balaban J connectivity index is 1.71. The molecule has 3 rings (SSSR count). The predicted octanol–water partition coefficient (Wildman–Crippen LogP) is 3.41. The van der Waals surface area contributed by atoms with Gasteiger partial charge in [0.25, 0.3) is 0 Å². The third kappa shape index (κ3) is 3.17. The normalized spacial score (nSPS) is 16.0. The molecule has 0 spiro atoms. The largest absolute Gasteiger partial charge is 0.508 e. The zero-order chi connectivity index (χ0) is 14.7. The minimum Gasteiger partial charge on any atom is -0.508 e. The first-order valence-electron chi connectivity index (χ1n) is 7.67. The van der Waals surface area contributed by atoms with Crippen LogP contribution in [0.3, 0.4) is 0 Å². The average Bonchev–Trinajstić information content (AvgIpc) is 2.88. The fourth-order valence-electron chi connectivity index (χ4n) is 3.11. The molecule has 1 aliphatic rings. The van der Waals surface area contributed by atoms with Gasteiger partial charge in [0.15, 0.2) is 5.82 Å². The van der Waals surface area contributed by atoms with Crippen molar-refractivity contribution in [2.24, 2.45) is 0 Å². The predicted molar refractivity (Wildman–Crippen MR) is 82.3 cm³/mol. The lowest BCUT2D eigenvalue weighted by atomic mass is 9.95. The smallest absolute Gasteiger partial charge is 0.152 e. The van der Waals surface area contributed by atoms with Crippen molar-refractivity contribution in [1.29, 1.82) is 0 Å². The van der Waals surface area contributed by atoms with E-state index in [4.69, 9.17) is 0 Å². The van der Waals surface area contributed by atoms with Crippen LogP contribution in [0.5, 0.6) is 5.75 Å². The molecule has 112 valence electrons. The summed E-state index contributed by atoms with van der Waals surface area (Å²) in [6.07, 6.45) is 6.40. The highest BCUT2D eigenvalue weighted by molar-refractivity contribution is 5.45. The molecule has 2 aromatic rings. The van der Waals surface area contributed by atoms with Crippen LogP contribution in [-0.4, -0.2) is 19.9 Å². The van der Waals surface area contributed by atoms with E-state index in [1.807, 2.05) is 19.1 Å². The van der Waals surface area contributed by atoms with E-state index in [9.17, 15) is 5.11 Å². The molecule has 2 N–H and O–H groups in total. The van der Waals surface area contributed by atoms with Crippen molar-refractivity contribution in [3.8, 4) is 5.75 Å². The van der Waals surface area contributed by atoms with Crippen molar-refractivity contribution in [3.05, 3.63) is 35.9 Å². The molecule has 1 aromatic heterocycles. The van der Waals surface area contributed by atoms with Gasteiger partial charge in [0, 0.05) is 11.7 Å². The van der Waals surface area contributed by atoms with Crippen LogP contribution in [0.25, 0.3) is 0 Å². The van der Waals surface area contributed by atoms with E-state index in [1.54, 1.807) is 12.1 Å². The van der Waals surface area contributed by atoms with Crippen LogP contribution in [0.1, 0.15) is 49.8 Å². The lowest BCUT2D eigenvalue weighted by Gasteiger charge is -2.25. The first-order valence-corrected chi connectivity index (χ1v) is 7.67. The maximum absolute atomic E-state index is 9.31. The van der Waals surface area contributed by atoms with Gasteiger partial charge in [0.1, 0.15) is 11.6 Å². The van der Waals surface area contributed by atoms with Gasteiger partial charge in [-0.1, -0.05) is 19.3 Å². The molecule has 0 radical (unpaired) electrons. The fourth-order valence-corrected chi connectivity index (χ4v) is 3.11. The summed E-state index contributed by atoms with van der Waals surface area (Å²) in [5.41, 5.74) is 0.976. The second-order valence-electron chi connectivity index (χ2n) is 5.73. The summed E-state index contributed by atoms with van der Waals surface area (Å²) in [6, 6.07) is 7.64. The van der Waals surface area contributed by atoms with Gasteiger partial charge in [-0.05, 0) is 44.0 Å². The van der Waals surface area contributed by atoms with Crippen molar-refractivity contribution in [3.63, 3.8) is 0 Å². The molecule has 0 aliphatic heterocycles. The number of hydrogen-bond acceptors (Lipinski definition) is 4. The molecule has 1 saturated carbocycles. The minimum absolute atomic E-state index is 0.279. The number of benzene rings is 1. The molecule has 1 aromatic carbocycles. The summed E-state index contributed by atoms with van der Waals surface area (Å²) in [5.74, 6) is 2.28. The number of anilines is 1. The molecule has 5 nitrogen and oxygen atoms in total. The van der Waals surface area contributed by atoms with Crippen LogP contribution < -0.4 is 5.32 Å². The van der Waals surface area contributed by atoms with Gasteiger partial charge in [-0.3, -0.25) is 0 Å². The monoisotopic (exact) mass is 286 g/mol. The lowest BCUT2D eigenvalue weighted by molar-refractivity contribution is 0.341. The third-order valence-corrected chi connectivity index (χ3v) is 4.19. The second kappa shape index (κ2) is 6.16. The molecule has 5 heteroatoms. The van der Waals surface area contributed by atoms with Crippen LogP contribution in [0.15, 0.2) is 24.3 Å². The summed E-state index contributed by atoms with van der Waals surface area (Å²) < 4.78 is 2.30. The van der Waals surface area contributed by atoms with Crippen LogP contribution in [0, 0.1) is 6.92 Å². The number of aromatic hydroxyl groups is 1. The molecule has 21 heavy (non-hydrogen) atoms. The Hall–Kier alpha value is -2.04. The van der Waals surface area contributed by atoms with E-state index < -0.39 is 0 Å². The number of hydrogen-bond donors (Lipinski definition) is 2. The highest BCUT2D eigenvalue weighted by atomic mass is 16.3. The van der Waals surface area contributed by atoms with Crippen molar-refractivity contribution < 1.29 is 5.11 Å². The Morgan fingerprint density at radius 2 is 1.86 bits per heavy atom. The molecule has 1 aliphatic carbocycles. The van der Waals surface area contributed by atoms with Gasteiger partial charge in [0.05, 0.1) is 6.54 Å². The van der Waals surface area contributed by atoms with Crippen LogP contribution in [0.4, 0.5) is 5.69 Å². The van der Waals surface area contributed by atoms with Gasteiger partial charge in [0.2, 0.25) is 0 Å². The Morgan fingerprint density at radius 3 is 2.57 bits per heavy atom. The average molecular weight is 286 g/mol. The van der Waals surface area contributed by atoms with Crippen molar-refractivity contribution in [1.82, 2.24) is 14.8 Å². The third-order valence-electron chi connectivity index (χ3n) is 4.19. The molecule has 1 heterocycles. The first-order chi connectivity index (χ1) is 10.2. The van der Waals surface area contributed by atoms with Gasteiger partial charge in [-0.25, -0.2) is 0 Å². The summed E-state index contributed by atoms with van der Waals surface area (Å²) in [4.78, 5) is 0. The number of phenolic OH excluding ortho intramolecular Hbond substituents is 1. The Kier molecular flexibility index (Phi) is 4.08. The van der Waals surface area contributed by atoms with Gasteiger partial charge in [-0.15, -0.1) is 10.2 Å². The Labute approximate surface area is 125 Å². The Morgan fingerprint density at radius 1 is 1.14 bits per heavy atom. The standard InChI is InChI=1S/C16H22N4O/c1-12-18-19-16(20(12)14-5-3-2-4-6-14)11-17-13-7-9-15(21)10-8-13/h7-10,14,17,21H,2-6,11H2,1H3. The van der Waals surface area contributed by atoms with Gasteiger partial charge >= 0.3 is 0 Å². The molecular formula is C16H22N4O. The summed E-state index contributed by atoms with van der Waals surface area (Å²) in [5, 5.41) is 21.2. The van der Waals surface area contributed by atoms with Crippen molar-refractivity contribution in [2.75, 3.05) is 5.32 Å². The number of nitrogens with zero attached hydrogens (tertiary/aromatic N) is 3. The van der Waals surface area contributed by atoms with E-state index >= 15 is 0 Å². The van der Waals surface area contributed by atoms with E-state index in [0.717, 1.165) is 17.3 Å². The number of nitrogens with one attached hydrogen (secondary N) is 1. The minimum atomic E-state index is 0.279. The summed E-state index contributed by atoms with van der Waals surface area (Å²) in [6.45, 7) is 2.69. The number of phenols is 1. The zero-order valence-corrected chi connectivity index (χ0v) is 12.4. The summed E-state index contributed by atoms with van der Waals surface area (Å²) >= 11 is 0. The highest BCUT2D eigenvalue weighted by Gasteiger charge is 2.20. The maximum Gasteiger partial charge on any atom is 0.152 e. The van der Waals surface area contributed by atoms with E-state index in [-0.39, 0.29) is 5.75 Å². The van der Waals surface area contributed by atoms with E-state index in [0.29, 0.717) is 12.6 Å². The maximum atomic E-state index is 9.31. The molecule has 0 bridgehead atoms. The van der Waals surface area contributed by atoms with Gasteiger partial charge in [-0.2, -0.15) is 0 Å². The van der Waals surface area contributed by atoms with E-state index in [2.05, 4.69) is 20.1 Å². The first kappa shape index (κ1) is 13.9.